The van der Waals surface area contributed by atoms with E-state index in [4.69, 9.17) is 9.47 Å². The largest absolute Gasteiger partial charge is 0.497 e. The van der Waals surface area contributed by atoms with Gasteiger partial charge >= 0.3 is 0 Å². The van der Waals surface area contributed by atoms with E-state index in [1.54, 1.807) is 67.3 Å². The lowest BCUT2D eigenvalue weighted by atomic mass is 10.2. The fourth-order valence-corrected chi connectivity index (χ4v) is 4.36. The highest BCUT2D eigenvalue weighted by Gasteiger charge is 2.21. The molecular weight excluding hydrogens is 430 g/mol. The first-order chi connectivity index (χ1) is 15.2. The highest BCUT2D eigenvalue weighted by Crippen LogP contribution is 2.26. The molecule has 1 amide bonds. The van der Waals surface area contributed by atoms with Gasteiger partial charge in [-0.1, -0.05) is 6.08 Å². The van der Waals surface area contributed by atoms with Gasteiger partial charge in [-0.05, 0) is 42.5 Å². The zero-order valence-corrected chi connectivity index (χ0v) is 19.4. The summed E-state index contributed by atoms with van der Waals surface area (Å²) in [6.45, 7) is 4.40. The average Bonchev–Trinajstić information content (AvgIpc) is 3.15. The van der Waals surface area contributed by atoms with Crippen molar-refractivity contribution in [2.24, 2.45) is 0 Å². The van der Waals surface area contributed by atoms with Crippen LogP contribution in [0.3, 0.4) is 0 Å². The molecule has 1 heterocycles. The Morgan fingerprint density at radius 3 is 2.50 bits per heavy atom. The van der Waals surface area contributed by atoms with Gasteiger partial charge < -0.3 is 19.4 Å². The summed E-state index contributed by atoms with van der Waals surface area (Å²) >= 11 is 0. The van der Waals surface area contributed by atoms with Crippen LogP contribution in [0.1, 0.15) is 16.1 Å². The molecule has 0 bridgehead atoms. The third-order valence-electron chi connectivity index (χ3n) is 5.12. The molecule has 9 heteroatoms. The number of hydrogen-bond donors (Lipinski definition) is 1. The highest BCUT2D eigenvalue weighted by atomic mass is 32.2. The standard InChI is InChI=1S/C23H27N3O5S/c1-6-11-26-20-9-8-19(32(28,29)25(2)3)13-16(20)14-21(26)23(27)24-15-17-12-18(30-4)7-10-22(17)31-5/h6-10,12-14H,1,11,15H2,2-5H3,(H,24,27). The van der Waals surface area contributed by atoms with Gasteiger partial charge in [-0.25, -0.2) is 12.7 Å². The summed E-state index contributed by atoms with van der Waals surface area (Å²) in [4.78, 5) is 13.2. The van der Waals surface area contributed by atoms with Gasteiger partial charge in [0.25, 0.3) is 5.91 Å². The van der Waals surface area contributed by atoms with Crippen LogP contribution in [0.15, 0.2) is 60.0 Å². The van der Waals surface area contributed by atoms with Crippen LogP contribution in [0, 0.1) is 0 Å². The van der Waals surface area contributed by atoms with E-state index >= 15 is 0 Å². The third-order valence-corrected chi connectivity index (χ3v) is 6.93. The van der Waals surface area contributed by atoms with E-state index in [-0.39, 0.29) is 17.3 Å². The molecule has 0 atom stereocenters. The summed E-state index contributed by atoms with van der Waals surface area (Å²) in [5.74, 6) is 0.992. The van der Waals surface area contributed by atoms with Crippen molar-refractivity contribution in [1.82, 2.24) is 14.2 Å². The van der Waals surface area contributed by atoms with Crippen molar-refractivity contribution in [2.75, 3.05) is 28.3 Å². The van der Waals surface area contributed by atoms with Crippen LogP contribution in [0.2, 0.25) is 0 Å². The Morgan fingerprint density at radius 2 is 1.88 bits per heavy atom. The summed E-state index contributed by atoms with van der Waals surface area (Å²) in [5.41, 5.74) is 1.92. The number of aromatic nitrogens is 1. The van der Waals surface area contributed by atoms with Crippen molar-refractivity contribution in [3.8, 4) is 11.5 Å². The molecule has 0 aliphatic carbocycles. The lowest BCUT2D eigenvalue weighted by Crippen LogP contribution is -2.25. The number of allylic oxidation sites excluding steroid dienone is 1. The smallest absolute Gasteiger partial charge is 0.268 e. The number of carbonyl (C=O) groups is 1. The van der Waals surface area contributed by atoms with Crippen molar-refractivity contribution in [3.63, 3.8) is 0 Å². The summed E-state index contributed by atoms with van der Waals surface area (Å²) in [5, 5.41) is 3.56. The molecule has 1 N–H and O–H groups in total. The van der Waals surface area contributed by atoms with Crippen molar-refractivity contribution < 1.29 is 22.7 Å². The monoisotopic (exact) mass is 457 g/mol. The second-order valence-electron chi connectivity index (χ2n) is 7.30. The number of nitrogens with zero attached hydrogens (tertiary/aromatic N) is 2. The van der Waals surface area contributed by atoms with Gasteiger partial charge in [0.05, 0.1) is 19.1 Å². The van der Waals surface area contributed by atoms with E-state index in [9.17, 15) is 13.2 Å². The molecule has 8 nitrogen and oxygen atoms in total. The number of nitrogens with one attached hydrogen (secondary N) is 1. The lowest BCUT2D eigenvalue weighted by molar-refractivity contribution is 0.0942. The second-order valence-corrected chi connectivity index (χ2v) is 9.45. The molecule has 0 spiro atoms. The Kier molecular flexibility index (Phi) is 6.90. The quantitative estimate of drug-likeness (QED) is 0.499. The number of carbonyl (C=O) groups excluding carboxylic acids is 1. The first kappa shape index (κ1) is 23.4. The van der Waals surface area contributed by atoms with Crippen molar-refractivity contribution in [1.29, 1.82) is 0 Å². The van der Waals surface area contributed by atoms with E-state index in [2.05, 4.69) is 11.9 Å². The van der Waals surface area contributed by atoms with Gasteiger partial charge in [0.1, 0.15) is 17.2 Å². The van der Waals surface area contributed by atoms with Crippen LogP contribution >= 0.6 is 0 Å². The molecule has 0 radical (unpaired) electrons. The van der Waals surface area contributed by atoms with Gasteiger partial charge in [0, 0.05) is 43.7 Å². The summed E-state index contributed by atoms with van der Waals surface area (Å²) in [6.07, 6.45) is 1.69. The molecular formula is C23H27N3O5S. The number of ether oxygens (including phenoxy) is 2. The van der Waals surface area contributed by atoms with E-state index in [1.807, 2.05) is 0 Å². The lowest BCUT2D eigenvalue weighted by Gasteiger charge is -2.13. The van der Waals surface area contributed by atoms with Crippen LogP contribution in [-0.2, 0) is 23.1 Å². The molecule has 1 aromatic heterocycles. The van der Waals surface area contributed by atoms with Crippen LogP contribution in [0.5, 0.6) is 11.5 Å². The number of methoxy groups -OCH3 is 2. The molecule has 170 valence electrons. The molecule has 0 saturated heterocycles. The van der Waals surface area contributed by atoms with E-state index in [1.165, 1.54) is 14.1 Å². The molecule has 3 rings (SSSR count). The zero-order valence-electron chi connectivity index (χ0n) is 18.6. The molecule has 3 aromatic rings. The Hall–Kier alpha value is -3.30. The van der Waals surface area contributed by atoms with Gasteiger partial charge in [-0.15, -0.1) is 6.58 Å². The average molecular weight is 458 g/mol. The highest BCUT2D eigenvalue weighted by molar-refractivity contribution is 7.89. The minimum atomic E-state index is -3.59. The number of hydrogen-bond acceptors (Lipinski definition) is 5. The molecule has 32 heavy (non-hydrogen) atoms. The van der Waals surface area contributed by atoms with E-state index in [0.29, 0.717) is 29.1 Å². The SMILES string of the molecule is C=CCn1c(C(=O)NCc2cc(OC)ccc2OC)cc2cc(S(=O)(=O)N(C)C)ccc21. The number of sulfonamides is 1. The van der Waals surface area contributed by atoms with Gasteiger partial charge in [0.2, 0.25) is 10.0 Å². The normalized spacial score (nSPS) is 11.5. The molecule has 0 unspecified atom stereocenters. The first-order valence-corrected chi connectivity index (χ1v) is 11.3. The Balaban J connectivity index is 1.96. The first-order valence-electron chi connectivity index (χ1n) is 9.88. The third kappa shape index (κ3) is 4.49. The molecule has 0 fully saturated rings. The molecule has 2 aromatic carbocycles. The van der Waals surface area contributed by atoms with E-state index in [0.717, 1.165) is 15.4 Å². The maximum Gasteiger partial charge on any atom is 0.268 e. The predicted molar refractivity (Wildman–Crippen MR) is 124 cm³/mol. The summed E-state index contributed by atoms with van der Waals surface area (Å²) in [6, 6.07) is 11.9. The van der Waals surface area contributed by atoms with Crippen LogP contribution in [0.4, 0.5) is 0 Å². The van der Waals surface area contributed by atoms with Crippen LogP contribution < -0.4 is 14.8 Å². The molecule has 0 saturated carbocycles. The van der Waals surface area contributed by atoms with Gasteiger partial charge in [0.15, 0.2) is 0 Å². The second kappa shape index (κ2) is 9.46. The summed E-state index contributed by atoms with van der Waals surface area (Å²) < 4.78 is 38.6. The Bertz CT molecular complexity index is 1260. The van der Waals surface area contributed by atoms with E-state index < -0.39 is 10.0 Å². The Morgan fingerprint density at radius 1 is 1.12 bits per heavy atom. The number of amides is 1. The molecule has 0 aliphatic rings. The zero-order chi connectivity index (χ0) is 23.5. The minimum absolute atomic E-state index is 0.166. The fourth-order valence-electron chi connectivity index (χ4n) is 3.42. The molecule has 0 aliphatic heterocycles. The van der Waals surface area contributed by atoms with Gasteiger partial charge in [-0.2, -0.15) is 0 Å². The van der Waals surface area contributed by atoms with Crippen LogP contribution in [-0.4, -0.2) is 51.5 Å². The van der Waals surface area contributed by atoms with Crippen LogP contribution in [0.25, 0.3) is 10.9 Å². The van der Waals surface area contributed by atoms with Gasteiger partial charge in [-0.3, -0.25) is 4.79 Å². The number of fused-ring (bicyclic) bond motifs is 1. The predicted octanol–water partition coefficient (Wildman–Crippen LogP) is 3.02. The maximum atomic E-state index is 13.1. The van der Waals surface area contributed by atoms with Crippen molar-refractivity contribution in [2.45, 2.75) is 18.0 Å². The minimum Gasteiger partial charge on any atom is -0.497 e. The number of rotatable bonds is 9. The fraction of sp³-hybridized carbons (Fsp3) is 0.261. The van der Waals surface area contributed by atoms with Crippen molar-refractivity contribution in [3.05, 3.63) is 66.4 Å². The summed E-state index contributed by atoms with van der Waals surface area (Å²) in [7, 11) is 2.51. The maximum absolute atomic E-state index is 13.1. The Labute approximate surface area is 188 Å². The topological polar surface area (TPSA) is 89.9 Å². The number of benzene rings is 2. The van der Waals surface area contributed by atoms with Crippen molar-refractivity contribution >= 4 is 26.8 Å².